The first-order valence-corrected chi connectivity index (χ1v) is 6.32. The van der Waals surface area contributed by atoms with E-state index in [9.17, 15) is 0 Å². The minimum atomic E-state index is 0.226. The lowest BCUT2D eigenvalue weighted by Crippen LogP contribution is -1.97. The van der Waals surface area contributed by atoms with Gasteiger partial charge >= 0.3 is 0 Å². The van der Waals surface area contributed by atoms with Crippen LogP contribution >= 0.6 is 11.8 Å². The van der Waals surface area contributed by atoms with E-state index in [-0.39, 0.29) is 5.95 Å². The molecule has 2 aromatic heterocycles. The van der Waals surface area contributed by atoms with Crippen LogP contribution in [0.4, 0.5) is 5.95 Å². The van der Waals surface area contributed by atoms with Crippen LogP contribution in [0.25, 0.3) is 11.2 Å². The lowest BCUT2D eigenvalue weighted by molar-refractivity contribution is 0.952. The zero-order chi connectivity index (χ0) is 12.4. The van der Waals surface area contributed by atoms with Crippen molar-refractivity contribution in [1.29, 1.82) is 0 Å². The van der Waals surface area contributed by atoms with E-state index in [0.29, 0.717) is 11.2 Å². The fourth-order valence-electron chi connectivity index (χ4n) is 1.57. The first-order chi connectivity index (χ1) is 8.83. The zero-order valence-corrected chi connectivity index (χ0v) is 10.2. The van der Waals surface area contributed by atoms with Crippen molar-refractivity contribution in [1.82, 2.24) is 25.4 Å². The summed E-state index contributed by atoms with van der Waals surface area (Å²) in [4.78, 5) is 8.22. The number of nitrogens with one attached hydrogen (secondary N) is 1. The van der Waals surface area contributed by atoms with Gasteiger partial charge in [0.05, 0.1) is 0 Å². The van der Waals surface area contributed by atoms with E-state index >= 15 is 0 Å². The van der Waals surface area contributed by atoms with Gasteiger partial charge in [-0.25, -0.2) is 10.1 Å². The molecule has 3 aromatic rings. The number of rotatable bonds is 3. The van der Waals surface area contributed by atoms with Gasteiger partial charge in [-0.1, -0.05) is 47.3 Å². The maximum absolute atomic E-state index is 5.64. The van der Waals surface area contributed by atoms with E-state index in [0.717, 1.165) is 10.8 Å². The molecule has 18 heavy (non-hydrogen) atoms. The van der Waals surface area contributed by atoms with E-state index < -0.39 is 0 Å². The van der Waals surface area contributed by atoms with Gasteiger partial charge in [-0.05, 0) is 5.56 Å². The van der Waals surface area contributed by atoms with Gasteiger partial charge in [0.1, 0.15) is 5.03 Å². The smallest absolute Gasteiger partial charge is 0.223 e. The first-order valence-electron chi connectivity index (χ1n) is 5.34. The first kappa shape index (κ1) is 11.0. The number of benzene rings is 1. The van der Waals surface area contributed by atoms with E-state index in [4.69, 9.17) is 5.73 Å². The summed E-state index contributed by atoms with van der Waals surface area (Å²) in [7, 11) is 0. The predicted molar refractivity (Wildman–Crippen MR) is 69.9 cm³/mol. The van der Waals surface area contributed by atoms with Crippen LogP contribution in [-0.2, 0) is 5.75 Å². The second-order valence-electron chi connectivity index (χ2n) is 3.67. The van der Waals surface area contributed by atoms with Crippen LogP contribution in [-0.4, -0.2) is 25.4 Å². The highest BCUT2D eigenvalue weighted by Crippen LogP contribution is 2.26. The molecule has 6 nitrogen and oxygen atoms in total. The molecule has 3 rings (SSSR count). The summed E-state index contributed by atoms with van der Waals surface area (Å²) >= 11 is 1.57. The fraction of sp³-hybridized carbons (Fsp3) is 0.0909. The third kappa shape index (κ3) is 2.12. The summed E-state index contributed by atoms with van der Waals surface area (Å²) in [5, 5.41) is 11.1. The van der Waals surface area contributed by atoms with Crippen LogP contribution < -0.4 is 5.73 Å². The molecule has 0 saturated heterocycles. The molecule has 2 heterocycles. The Labute approximate surface area is 107 Å². The van der Waals surface area contributed by atoms with E-state index in [2.05, 4.69) is 37.5 Å². The SMILES string of the molecule is Nc1nc(SCc2ccccc2)c2nn[nH]c2n1. The number of H-pyrrole nitrogens is 1. The molecule has 0 aliphatic heterocycles. The van der Waals surface area contributed by atoms with Gasteiger partial charge in [-0.2, -0.15) is 4.98 Å². The molecule has 0 atom stereocenters. The van der Waals surface area contributed by atoms with Gasteiger partial charge in [0.15, 0.2) is 11.2 Å². The Morgan fingerprint density at radius 2 is 2.00 bits per heavy atom. The Morgan fingerprint density at radius 3 is 2.83 bits per heavy atom. The highest BCUT2D eigenvalue weighted by atomic mass is 32.2. The van der Waals surface area contributed by atoms with E-state index in [1.54, 1.807) is 11.8 Å². The molecule has 0 saturated carbocycles. The lowest BCUT2D eigenvalue weighted by Gasteiger charge is -2.02. The van der Waals surface area contributed by atoms with Crippen LogP contribution in [0.3, 0.4) is 0 Å². The molecule has 0 aliphatic carbocycles. The molecule has 0 bridgehead atoms. The number of aromatic amines is 1. The monoisotopic (exact) mass is 258 g/mol. The van der Waals surface area contributed by atoms with Crippen molar-refractivity contribution in [3.63, 3.8) is 0 Å². The van der Waals surface area contributed by atoms with Gasteiger partial charge in [0, 0.05) is 5.75 Å². The molecule has 3 N–H and O–H groups in total. The van der Waals surface area contributed by atoms with Crippen molar-refractivity contribution >= 4 is 28.9 Å². The summed E-state index contributed by atoms with van der Waals surface area (Å²) in [5.74, 6) is 1.03. The average Bonchev–Trinajstić information content (AvgIpc) is 2.85. The summed E-state index contributed by atoms with van der Waals surface area (Å²) in [6.07, 6.45) is 0. The quantitative estimate of drug-likeness (QED) is 0.547. The van der Waals surface area contributed by atoms with Gasteiger partial charge in [-0.3, -0.25) is 0 Å². The van der Waals surface area contributed by atoms with Crippen molar-refractivity contribution in [3.8, 4) is 0 Å². The Bertz CT molecular complexity index is 666. The molecule has 1 aromatic carbocycles. The molecule has 0 aliphatic rings. The minimum absolute atomic E-state index is 0.226. The zero-order valence-electron chi connectivity index (χ0n) is 9.37. The average molecular weight is 258 g/mol. The number of nitrogens with zero attached hydrogens (tertiary/aromatic N) is 4. The van der Waals surface area contributed by atoms with Gasteiger partial charge in [0.2, 0.25) is 5.95 Å². The van der Waals surface area contributed by atoms with Crippen molar-refractivity contribution in [2.45, 2.75) is 10.8 Å². The molecule has 0 radical (unpaired) electrons. The molecule has 90 valence electrons. The summed E-state index contributed by atoms with van der Waals surface area (Å²) in [6, 6.07) is 10.1. The molecule has 0 unspecified atom stereocenters. The topological polar surface area (TPSA) is 93.4 Å². The number of nitrogen functional groups attached to an aromatic ring is 1. The van der Waals surface area contributed by atoms with Crippen molar-refractivity contribution < 1.29 is 0 Å². The predicted octanol–water partition coefficient (Wildman–Crippen LogP) is 1.62. The lowest BCUT2D eigenvalue weighted by atomic mass is 10.2. The van der Waals surface area contributed by atoms with Crippen LogP contribution in [0.2, 0.25) is 0 Å². The Morgan fingerprint density at radius 1 is 1.17 bits per heavy atom. The second-order valence-corrected chi connectivity index (χ2v) is 4.63. The minimum Gasteiger partial charge on any atom is -0.368 e. The normalized spacial score (nSPS) is 10.9. The number of aromatic nitrogens is 5. The van der Waals surface area contributed by atoms with E-state index in [1.807, 2.05) is 18.2 Å². The standard InChI is InChI=1S/C11H10N6S/c12-11-13-9-8(15-17-16-9)10(14-11)18-6-7-4-2-1-3-5-7/h1-5H,6H2,(H3,12,13,14,15,16,17). The number of anilines is 1. The highest BCUT2D eigenvalue weighted by Gasteiger charge is 2.10. The Balaban J connectivity index is 1.88. The largest absolute Gasteiger partial charge is 0.368 e. The van der Waals surface area contributed by atoms with Crippen molar-refractivity contribution in [3.05, 3.63) is 35.9 Å². The molecular weight excluding hydrogens is 248 g/mol. The Kier molecular flexibility index (Phi) is 2.81. The number of hydrogen-bond donors (Lipinski definition) is 2. The molecule has 7 heteroatoms. The molecule has 0 fully saturated rings. The van der Waals surface area contributed by atoms with Crippen molar-refractivity contribution in [2.24, 2.45) is 0 Å². The fourth-order valence-corrected chi connectivity index (χ4v) is 2.50. The van der Waals surface area contributed by atoms with Crippen LogP contribution in [0.15, 0.2) is 35.4 Å². The number of nitrogens with two attached hydrogens (primary N) is 1. The maximum atomic E-state index is 5.64. The summed E-state index contributed by atoms with van der Waals surface area (Å²) < 4.78 is 0. The summed E-state index contributed by atoms with van der Waals surface area (Å²) in [5.41, 5.74) is 8.09. The maximum Gasteiger partial charge on any atom is 0.223 e. The number of fused-ring (bicyclic) bond motifs is 1. The van der Waals surface area contributed by atoms with Gasteiger partial charge in [-0.15, -0.1) is 5.10 Å². The molecule has 0 spiro atoms. The van der Waals surface area contributed by atoms with Gasteiger partial charge in [0.25, 0.3) is 0 Å². The third-order valence-corrected chi connectivity index (χ3v) is 3.43. The highest BCUT2D eigenvalue weighted by molar-refractivity contribution is 7.98. The van der Waals surface area contributed by atoms with Crippen LogP contribution in [0, 0.1) is 0 Å². The Hall–Kier alpha value is -2.15. The molecule has 0 amide bonds. The van der Waals surface area contributed by atoms with Gasteiger partial charge < -0.3 is 5.73 Å². The number of thioether (sulfide) groups is 1. The third-order valence-electron chi connectivity index (χ3n) is 2.39. The van der Waals surface area contributed by atoms with E-state index in [1.165, 1.54) is 5.56 Å². The van der Waals surface area contributed by atoms with Crippen LogP contribution in [0.5, 0.6) is 0 Å². The van der Waals surface area contributed by atoms with Crippen molar-refractivity contribution in [2.75, 3.05) is 5.73 Å². The van der Waals surface area contributed by atoms with Crippen LogP contribution in [0.1, 0.15) is 5.56 Å². The second kappa shape index (κ2) is 4.61. The molecular formula is C11H10N6S. The number of hydrogen-bond acceptors (Lipinski definition) is 6. The summed E-state index contributed by atoms with van der Waals surface area (Å²) in [6.45, 7) is 0.